The van der Waals surface area contributed by atoms with Crippen LogP contribution in [0.25, 0.3) is 0 Å². The molecular weight excluding hydrogens is 324 g/mol. The van der Waals surface area contributed by atoms with Gasteiger partial charge < -0.3 is 0 Å². The number of allylic oxidation sites excluding steroid dienone is 2. The first-order valence-electron chi connectivity index (χ1n) is 12.5. The van der Waals surface area contributed by atoms with Crippen molar-refractivity contribution in [3.8, 4) is 0 Å². The molecule has 0 nitrogen and oxygen atoms in total. The third kappa shape index (κ3) is 2.98. The lowest BCUT2D eigenvalue weighted by Gasteiger charge is -2.62. The molecule has 4 saturated carbocycles. The second-order valence-corrected chi connectivity index (χ2v) is 11.9. The van der Waals surface area contributed by atoms with E-state index in [-0.39, 0.29) is 0 Å². The summed E-state index contributed by atoms with van der Waals surface area (Å²) in [5.41, 5.74) is 3.10. The lowest BCUT2D eigenvalue weighted by molar-refractivity contribution is -0.0994. The van der Waals surface area contributed by atoms with Gasteiger partial charge >= 0.3 is 0 Å². The molecular formula is C27H46. The lowest BCUT2D eigenvalue weighted by Crippen LogP contribution is -2.54. The van der Waals surface area contributed by atoms with Crippen molar-refractivity contribution in [2.75, 3.05) is 0 Å². The monoisotopic (exact) mass is 370 g/mol. The molecule has 0 bridgehead atoms. The second kappa shape index (κ2) is 7.21. The van der Waals surface area contributed by atoms with E-state index in [4.69, 9.17) is 0 Å². The molecule has 154 valence electrons. The molecule has 0 aromatic rings. The zero-order valence-electron chi connectivity index (χ0n) is 19.2. The van der Waals surface area contributed by atoms with Gasteiger partial charge in [0.1, 0.15) is 0 Å². The molecule has 0 amide bonds. The maximum absolute atomic E-state index is 2.73. The van der Waals surface area contributed by atoms with Crippen molar-refractivity contribution < 1.29 is 0 Å². The van der Waals surface area contributed by atoms with Crippen LogP contribution in [-0.2, 0) is 0 Å². The van der Waals surface area contributed by atoms with Gasteiger partial charge in [-0.2, -0.15) is 0 Å². The first-order valence-corrected chi connectivity index (χ1v) is 12.5. The van der Waals surface area contributed by atoms with Gasteiger partial charge in [0.05, 0.1) is 0 Å². The average molecular weight is 371 g/mol. The Balaban J connectivity index is 1.64. The molecule has 0 saturated heterocycles. The second-order valence-electron chi connectivity index (χ2n) is 11.9. The Labute approximate surface area is 170 Å². The Kier molecular flexibility index (Phi) is 5.35. The molecule has 4 aliphatic carbocycles. The van der Waals surface area contributed by atoms with Crippen LogP contribution in [0.1, 0.15) is 106 Å². The zero-order valence-corrected chi connectivity index (χ0v) is 19.2. The summed E-state index contributed by atoms with van der Waals surface area (Å²) in [7, 11) is 0. The first-order chi connectivity index (χ1) is 12.8. The van der Waals surface area contributed by atoms with Crippen molar-refractivity contribution in [3.05, 3.63) is 11.6 Å². The molecule has 0 radical (unpaired) electrons. The number of rotatable bonds is 3. The topological polar surface area (TPSA) is 0 Å². The zero-order chi connectivity index (χ0) is 19.4. The molecule has 4 aliphatic rings. The third-order valence-corrected chi connectivity index (χ3v) is 10.7. The van der Waals surface area contributed by atoms with Gasteiger partial charge in [0, 0.05) is 0 Å². The molecule has 0 heteroatoms. The highest BCUT2D eigenvalue weighted by molar-refractivity contribution is 5.22. The average Bonchev–Trinajstić information content (AvgIpc) is 2.99. The number of hydrogen-bond acceptors (Lipinski definition) is 0. The highest BCUT2D eigenvalue weighted by Gasteiger charge is 2.61. The highest BCUT2D eigenvalue weighted by atomic mass is 14.7. The van der Waals surface area contributed by atoms with Crippen LogP contribution in [0.15, 0.2) is 11.6 Å². The van der Waals surface area contributed by atoms with Crippen LogP contribution in [0.2, 0.25) is 0 Å². The van der Waals surface area contributed by atoms with Gasteiger partial charge in [-0.05, 0) is 104 Å². The van der Waals surface area contributed by atoms with E-state index in [1.165, 1.54) is 64.2 Å². The van der Waals surface area contributed by atoms with Gasteiger partial charge in [-0.1, -0.05) is 65.5 Å². The van der Waals surface area contributed by atoms with Crippen molar-refractivity contribution in [1.82, 2.24) is 0 Å². The van der Waals surface area contributed by atoms with Gasteiger partial charge in [0.15, 0.2) is 0 Å². The molecule has 0 spiro atoms. The van der Waals surface area contributed by atoms with Crippen LogP contribution in [0.4, 0.5) is 0 Å². The fraction of sp³-hybridized carbons (Fsp3) is 0.926. The fourth-order valence-electron chi connectivity index (χ4n) is 9.30. The fourth-order valence-corrected chi connectivity index (χ4v) is 9.30. The Bertz CT molecular complexity index is 573. The number of hydrogen-bond donors (Lipinski definition) is 0. The summed E-state index contributed by atoms with van der Waals surface area (Å²) in [6.45, 7) is 15.3. The number of fused-ring (bicyclic) bond motifs is 5. The van der Waals surface area contributed by atoms with Crippen molar-refractivity contribution in [1.29, 1.82) is 0 Å². The van der Waals surface area contributed by atoms with Gasteiger partial charge in [-0.25, -0.2) is 0 Å². The quantitative estimate of drug-likeness (QED) is 0.438. The van der Waals surface area contributed by atoms with Crippen LogP contribution in [-0.4, -0.2) is 0 Å². The summed E-state index contributed by atoms with van der Waals surface area (Å²) in [6.07, 6.45) is 17.4. The molecule has 9 atom stereocenters. The van der Waals surface area contributed by atoms with Crippen molar-refractivity contribution in [2.24, 2.45) is 52.3 Å². The summed E-state index contributed by atoms with van der Waals surface area (Å²) in [5.74, 6) is 6.77. The van der Waals surface area contributed by atoms with Crippen LogP contribution in [0, 0.1) is 52.3 Å². The van der Waals surface area contributed by atoms with Crippen LogP contribution in [0.3, 0.4) is 0 Å². The maximum atomic E-state index is 2.73. The summed E-state index contributed by atoms with van der Waals surface area (Å²) in [4.78, 5) is 0. The van der Waals surface area contributed by atoms with E-state index in [2.05, 4.69) is 47.6 Å². The Morgan fingerprint density at radius 1 is 1.04 bits per heavy atom. The molecule has 4 rings (SSSR count). The standard InChI is InChI=1S/C27H46/c1-7-9-19(4)22-10-11-23-21-17-20(8-2)25-16-18(3)12-14-27(25,6)24(21)13-15-26(22,23)5/h8,18-19,21-25H,7,9-17H2,1-6H3/t18?,19-,21?,22-,23?,24?,25?,26-,27-/m1/s1. The van der Waals surface area contributed by atoms with Gasteiger partial charge in [-0.3, -0.25) is 0 Å². The molecule has 0 N–H and O–H groups in total. The minimum Gasteiger partial charge on any atom is -0.0881 e. The van der Waals surface area contributed by atoms with E-state index in [1.807, 2.05) is 5.57 Å². The first kappa shape index (κ1) is 20.0. The maximum Gasteiger partial charge on any atom is -0.0144 e. The third-order valence-electron chi connectivity index (χ3n) is 10.7. The Morgan fingerprint density at radius 2 is 1.74 bits per heavy atom. The normalized spacial score (nSPS) is 52.1. The lowest BCUT2D eigenvalue weighted by atomic mass is 9.43. The summed E-state index contributed by atoms with van der Waals surface area (Å²) >= 11 is 0. The van der Waals surface area contributed by atoms with Crippen LogP contribution >= 0.6 is 0 Å². The van der Waals surface area contributed by atoms with Crippen molar-refractivity contribution in [2.45, 2.75) is 106 Å². The minimum atomic E-state index is 0.603. The largest absolute Gasteiger partial charge is 0.0881 e. The minimum absolute atomic E-state index is 0.603. The summed E-state index contributed by atoms with van der Waals surface area (Å²) in [5, 5.41) is 0. The highest BCUT2D eigenvalue weighted by Crippen LogP contribution is 2.69. The van der Waals surface area contributed by atoms with E-state index in [0.29, 0.717) is 10.8 Å². The van der Waals surface area contributed by atoms with E-state index in [0.717, 1.165) is 41.4 Å². The van der Waals surface area contributed by atoms with Crippen LogP contribution in [0.5, 0.6) is 0 Å². The molecule has 0 heterocycles. The molecule has 4 fully saturated rings. The summed E-state index contributed by atoms with van der Waals surface area (Å²) in [6, 6.07) is 0. The van der Waals surface area contributed by atoms with Gasteiger partial charge in [0.2, 0.25) is 0 Å². The van der Waals surface area contributed by atoms with E-state index < -0.39 is 0 Å². The van der Waals surface area contributed by atoms with E-state index in [1.54, 1.807) is 0 Å². The van der Waals surface area contributed by atoms with Gasteiger partial charge in [0.25, 0.3) is 0 Å². The predicted octanol–water partition coefficient (Wildman–Crippen LogP) is 8.27. The molecule has 0 aromatic carbocycles. The molecule has 0 aliphatic heterocycles. The SMILES string of the molecule is CC=C1CC2C(CC[C@@]3(C)C2CC[C@@H]3[C@H](C)CCC)[C@@]2(C)CCC(C)CC12. The van der Waals surface area contributed by atoms with Gasteiger partial charge in [-0.15, -0.1) is 0 Å². The Morgan fingerprint density at radius 3 is 2.44 bits per heavy atom. The van der Waals surface area contributed by atoms with Crippen molar-refractivity contribution >= 4 is 0 Å². The van der Waals surface area contributed by atoms with E-state index in [9.17, 15) is 0 Å². The molecule has 27 heavy (non-hydrogen) atoms. The summed E-state index contributed by atoms with van der Waals surface area (Å²) < 4.78 is 0. The van der Waals surface area contributed by atoms with Crippen molar-refractivity contribution in [3.63, 3.8) is 0 Å². The predicted molar refractivity (Wildman–Crippen MR) is 118 cm³/mol. The molecule has 5 unspecified atom stereocenters. The van der Waals surface area contributed by atoms with E-state index >= 15 is 0 Å². The Hall–Kier alpha value is -0.260. The van der Waals surface area contributed by atoms with Crippen LogP contribution < -0.4 is 0 Å². The smallest absolute Gasteiger partial charge is 0.0144 e. The molecule has 0 aromatic heterocycles.